The normalized spacial score (nSPS) is 10.4. The number of H-pyrrole nitrogens is 1. The maximum Gasteiger partial charge on any atom is 0.0462 e. The number of hydrogen-bond donors (Lipinski definition) is 1. The van der Waals surface area contributed by atoms with Crippen molar-refractivity contribution in [3.63, 3.8) is 0 Å². The van der Waals surface area contributed by atoms with Gasteiger partial charge < -0.3 is 4.98 Å². The van der Waals surface area contributed by atoms with Crippen molar-refractivity contribution in [2.75, 3.05) is 0 Å². The Hall–Kier alpha value is -1.50. The monoisotopic (exact) mass is 157 g/mol. The molecule has 1 heteroatoms. The highest BCUT2D eigenvalue weighted by atomic mass is 14.7. The van der Waals surface area contributed by atoms with Crippen LogP contribution in [0.5, 0.6) is 0 Å². The first-order valence-corrected chi connectivity index (χ1v) is 4.01. The summed E-state index contributed by atoms with van der Waals surface area (Å²) in [5.41, 5.74) is 3.54. The average molecular weight is 157 g/mol. The minimum absolute atomic E-state index is 1.16. The number of aryl methyl sites for hydroxylation is 1. The lowest BCUT2D eigenvalue weighted by atomic mass is 10.2. The minimum Gasteiger partial charge on any atom is -0.359 e. The summed E-state index contributed by atoms with van der Waals surface area (Å²) >= 11 is 0. The van der Waals surface area contributed by atoms with Crippen molar-refractivity contribution < 1.29 is 0 Å². The molecule has 0 spiro atoms. The third-order valence-corrected chi connectivity index (χ3v) is 2.02. The van der Waals surface area contributed by atoms with Crippen molar-refractivity contribution in [3.05, 3.63) is 42.1 Å². The fourth-order valence-corrected chi connectivity index (χ4v) is 1.42. The zero-order valence-electron chi connectivity index (χ0n) is 7.09. The van der Waals surface area contributed by atoms with Crippen LogP contribution < -0.4 is 0 Å². The highest BCUT2D eigenvalue weighted by Crippen LogP contribution is 2.16. The highest BCUT2D eigenvalue weighted by molar-refractivity contribution is 5.82. The molecular weight excluding hydrogens is 146 g/mol. The van der Waals surface area contributed by atoms with E-state index in [1.54, 1.807) is 0 Å². The maximum absolute atomic E-state index is 3.73. The summed E-state index contributed by atoms with van der Waals surface area (Å²) in [5, 5.41) is 1.26. The Morgan fingerprint density at radius 1 is 1.33 bits per heavy atom. The second-order valence-corrected chi connectivity index (χ2v) is 3.00. The first-order chi connectivity index (χ1) is 5.79. The van der Waals surface area contributed by atoms with Crippen LogP contribution in [-0.4, -0.2) is 4.98 Å². The number of aromatic amines is 1. The maximum atomic E-state index is 3.73. The molecular formula is C11H11N. The third kappa shape index (κ3) is 1.03. The lowest BCUT2D eigenvalue weighted by Gasteiger charge is -1.92. The molecule has 0 amide bonds. The van der Waals surface area contributed by atoms with E-state index in [2.05, 4.69) is 42.8 Å². The van der Waals surface area contributed by atoms with Crippen LogP contribution in [0.15, 0.2) is 30.8 Å². The molecule has 0 atom stereocenters. The molecule has 1 aromatic carbocycles. The first-order valence-electron chi connectivity index (χ1n) is 4.01. The van der Waals surface area contributed by atoms with Gasteiger partial charge in [0.15, 0.2) is 0 Å². The van der Waals surface area contributed by atoms with Gasteiger partial charge >= 0.3 is 0 Å². The van der Waals surface area contributed by atoms with Crippen LogP contribution in [0.4, 0.5) is 0 Å². The molecule has 1 N–H and O–H groups in total. The summed E-state index contributed by atoms with van der Waals surface area (Å²) in [6, 6.07) is 8.43. The Labute approximate surface area is 71.7 Å². The van der Waals surface area contributed by atoms with Gasteiger partial charge in [-0.1, -0.05) is 24.8 Å². The van der Waals surface area contributed by atoms with Crippen molar-refractivity contribution >= 4 is 17.0 Å². The average Bonchev–Trinajstić information content (AvgIpc) is 2.43. The van der Waals surface area contributed by atoms with E-state index < -0.39 is 0 Å². The van der Waals surface area contributed by atoms with E-state index >= 15 is 0 Å². The molecule has 0 fully saturated rings. The second-order valence-electron chi connectivity index (χ2n) is 3.00. The Bertz CT molecular complexity index is 423. The second kappa shape index (κ2) is 2.52. The van der Waals surface area contributed by atoms with E-state index in [0.29, 0.717) is 0 Å². The van der Waals surface area contributed by atoms with Gasteiger partial charge in [0.05, 0.1) is 0 Å². The van der Waals surface area contributed by atoms with Crippen LogP contribution in [0.3, 0.4) is 0 Å². The molecule has 2 rings (SSSR count). The van der Waals surface area contributed by atoms with Crippen molar-refractivity contribution in [2.45, 2.75) is 6.92 Å². The van der Waals surface area contributed by atoms with Crippen molar-refractivity contribution in [1.29, 1.82) is 0 Å². The van der Waals surface area contributed by atoms with Crippen LogP contribution in [0.1, 0.15) is 11.3 Å². The van der Waals surface area contributed by atoms with Gasteiger partial charge in [0, 0.05) is 11.2 Å². The number of rotatable bonds is 1. The Kier molecular flexibility index (Phi) is 1.51. The number of aromatic nitrogens is 1. The molecule has 1 nitrogen and oxygen atoms in total. The van der Waals surface area contributed by atoms with Crippen LogP contribution in [0.25, 0.3) is 17.0 Å². The van der Waals surface area contributed by atoms with Gasteiger partial charge in [-0.25, -0.2) is 0 Å². The van der Waals surface area contributed by atoms with Gasteiger partial charge in [0.25, 0.3) is 0 Å². The SMILES string of the molecule is C=Cc1ccc2cc(C)[nH]c2c1. The molecule has 0 saturated heterocycles. The number of hydrogen-bond acceptors (Lipinski definition) is 0. The number of fused-ring (bicyclic) bond motifs is 1. The predicted octanol–water partition coefficient (Wildman–Crippen LogP) is 3.12. The van der Waals surface area contributed by atoms with E-state index in [1.807, 2.05) is 6.08 Å². The zero-order valence-corrected chi connectivity index (χ0v) is 7.09. The van der Waals surface area contributed by atoms with Crippen LogP contribution >= 0.6 is 0 Å². The summed E-state index contributed by atoms with van der Waals surface area (Å²) < 4.78 is 0. The Morgan fingerprint density at radius 2 is 2.17 bits per heavy atom. The van der Waals surface area contributed by atoms with Crippen LogP contribution in [0.2, 0.25) is 0 Å². The molecule has 0 bridgehead atoms. The summed E-state index contributed by atoms with van der Waals surface area (Å²) in [5.74, 6) is 0. The zero-order chi connectivity index (χ0) is 8.55. The van der Waals surface area contributed by atoms with Crippen molar-refractivity contribution in [3.8, 4) is 0 Å². The minimum atomic E-state index is 1.16. The molecule has 0 aliphatic rings. The summed E-state index contributed by atoms with van der Waals surface area (Å²) in [7, 11) is 0. The molecule has 0 aliphatic heterocycles. The molecule has 1 aromatic heterocycles. The molecule has 2 aromatic rings. The van der Waals surface area contributed by atoms with Gasteiger partial charge in [-0.2, -0.15) is 0 Å². The van der Waals surface area contributed by atoms with E-state index in [1.165, 1.54) is 16.6 Å². The lowest BCUT2D eigenvalue weighted by molar-refractivity contribution is 1.30. The smallest absolute Gasteiger partial charge is 0.0462 e. The molecule has 0 aliphatic carbocycles. The Morgan fingerprint density at radius 3 is 2.92 bits per heavy atom. The van der Waals surface area contributed by atoms with Gasteiger partial charge in [-0.3, -0.25) is 0 Å². The lowest BCUT2D eigenvalue weighted by Crippen LogP contribution is -1.71. The van der Waals surface area contributed by atoms with Gasteiger partial charge in [-0.15, -0.1) is 0 Å². The highest BCUT2D eigenvalue weighted by Gasteiger charge is 1.96. The van der Waals surface area contributed by atoms with Gasteiger partial charge in [-0.05, 0) is 30.0 Å². The standard InChI is InChI=1S/C11H11N/c1-3-9-4-5-10-6-8(2)12-11(10)7-9/h3-7,12H,1H2,2H3. The molecule has 0 unspecified atom stereocenters. The van der Waals surface area contributed by atoms with Crippen LogP contribution in [-0.2, 0) is 0 Å². The summed E-state index contributed by atoms with van der Waals surface area (Å²) in [6.45, 7) is 5.79. The quantitative estimate of drug-likeness (QED) is 0.654. The van der Waals surface area contributed by atoms with Gasteiger partial charge in [0.2, 0.25) is 0 Å². The fourth-order valence-electron chi connectivity index (χ4n) is 1.42. The van der Waals surface area contributed by atoms with Gasteiger partial charge in [0.1, 0.15) is 0 Å². The van der Waals surface area contributed by atoms with E-state index in [0.717, 1.165) is 5.56 Å². The van der Waals surface area contributed by atoms with E-state index in [9.17, 15) is 0 Å². The fraction of sp³-hybridized carbons (Fsp3) is 0.0909. The molecule has 60 valence electrons. The van der Waals surface area contributed by atoms with E-state index in [-0.39, 0.29) is 0 Å². The van der Waals surface area contributed by atoms with Crippen molar-refractivity contribution in [1.82, 2.24) is 4.98 Å². The number of nitrogens with one attached hydrogen (secondary N) is 1. The molecule has 1 heterocycles. The molecule has 0 radical (unpaired) electrons. The van der Waals surface area contributed by atoms with Crippen LogP contribution in [0, 0.1) is 6.92 Å². The van der Waals surface area contributed by atoms with E-state index in [4.69, 9.17) is 0 Å². The largest absolute Gasteiger partial charge is 0.359 e. The number of benzene rings is 1. The summed E-state index contributed by atoms with van der Waals surface area (Å²) in [6.07, 6.45) is 1.86. The van der Waals surface area contributed by atoms with Crippen molar-refractivity contribution in [2.24, 2.45) is 0 Å². The predicted molar refractivity (Wildman–Crippen MR) is 53.1 cm³/mol. The Balaban J connectivity index is 2.74. The third-order valence-electron chi connectivity index (χ3n) is 2.02. The first kappa shape index (κ1) is 7.17. The molecule has 12 heavy (non-hydrogen) atoms. The molecule has 0 saturated carbocycles. The summed E-state index contributed by atoms with van der Waals surface area (Å²) in [4.78, 5) is 3.29. The topological polar surface area (TPSA) is 15.8 Å².